The lowest BCUT2D eigenvalue weighted by Crippen LogP contribution is -1.97. The van der Waals surface area contributed by atoms with Crippen molar-refractivity contribution in [2.24, 2.45) is 0 Å². The van der Waals surface area contributed by atoms with Gasteiger partial charge >= 0.3 is 7.73 Å². The number of halogens is 1. The molecule has 2 aromatic carbocycles. The fourth-order valence-electron chi connectivity index (χ4n) is 3.96. The molecular weight excluding hydrogens is 435 g/mol. The lowest BCUT2D eigenvalue weighted by molar-refractivity contribution is 0.497. The summed E-state index contributed by atoms with van der Waals surface area (Å²) in [6.45, 7) is 4.51. The summed E-state index contributed by atoms with van der Waals surface area (Å²) in [7, 11) is -1.55. The first-order chi connectivity index (χ1) is 15.7. The molecule has 0 heterocycles. The van der Waals surface area contributed by atoms with E-state index in [0.29, 0.717) is 0 Å². The Morgan fingerprint density at radius 3 is 1.38 bits per heavy atom. The van der Waals surface area contributed by atoms with E-state index in [2.05, 4.69) is 38.1 Å². The first kappa shape index (κ1) is 27.0. The van der Waals surface area contributed by atoms with Gasteiger partial charge in [0.25, 0.3) is 0 Å². The number of hydrogen-bond donors (Lipinski definition) is 0. The quantitative estimate of drug-likeness (QED) is 0.157. The zero-order valence-electron chi connectivity index (χ0n) is 20.2. The number of hydrogen-bond acceptors (Lipinski definition) is 2. The minimum Gasteiger partial charge on any atom is -0.427 e. The molecule has 0 radical (unpaired) electrons. The van der Waals surface area contributed by atoms with Crippen molar-refractivity contribution < 1.29 is 9.05 Å². The van der Waals surface area contributed by atoms with E-state index >= 15 is 0 Å². The summed E-state index contributed by atoms with van der Waals surface area (Å²) in [5, 5.41) is 0. The molecule has 4 heteroatoms. The number of rotatable bonds is 18. The van der Waals surface area contributed by atoms with Crippen LogP contribution in [0.4, 0.5) is 0 Å². The average molecular weight is 477 g/mol. The highest BCUT2D eigenvalue weighted by molar-refractivity contribution is 7.76. The summed E-state index contributed by atoms with van der Waals surface area (Å²) in [5.41, 5.74) is 2.44. The van der Waals surface area contributed by atoms with Gasteiger partial charge in [-0.25, -0.2) is 0 Å². The molecule has 0 atom stereocenters. The fraction of sp³-hybridized carbons (Fsp3) is 0.571. The van der Waals surface area contributed by atoms with E-state index in [0.717, 1.165) is 24.3 Å². The maximum Gasteiger partial charge on any atom is 0.401 e. The largest absolute Gasteiger partial charge is 0.427 e. The average Bonchev–Trinajstić information content (AvgIpc) is 2.80. The molecule has 0 aliphatic rings. The van der Waals surface area contributed by atoms with Gasteiger partial charge in [-0.05, 0) is 60.2 Å². The minimum absolute atomic E-state index is 0.857. The van der Waals surface area contributed by atoms with Gasteiger partial charge in [0, 0.05) is 0 Å². The number of unbranched alkanes of at least 4 members (excludes halogenated alkanes) is 10. The standard InChI is InChI=1S/C28H42ClO2P/c1-3-5-7-9-11-13-19-25-21-15-17-23-27(25)30-32(29)31-28-24-18-16-22-26(28)20-14-12-10-8-6-4-2/h15-18,21-24H,3-14,19-20H2,1-2H3. The van der Waals surface area contributed by atoms with Crippen LogP contribution in [0.2, 0.25) is 0 Å². The van der Waals surface area contributed by atoms with Crippen molar-refractivity contribution in [2.45, 2.75) is 104 Å². The Balaban J connectivity index is 1.83. The molecule has 0 aromatic heterocycles. The van der Waals surface area contributed by atoms with Crippen LogP contribution in [-0.2, 0) is 12.8 Å². The van der Waals surface area contributed by atoms with Crippen LogP contribution in [0.3, 0.4) is 0 Å². The molecule has 0 unspecified atom stereocenters. The smallest absolute Gasteiger partial charge is 0.401 e. The van der Waals surface area contributed by atoms with Crippen LogP contribution in [0.1, 0.15) is 102 Å². The summed E-state index contributed by atoms with van der Waals surface area (Å²) in [6, 6.07) is 16.5. The van der Waals surface area contributed by atoms with Crippen LogP contribution >= 0.6 is 19.0 Å². The van der Waals surface area contributed by atoms with Crippen LogP contribution in [0, 0.1) is 0 Å². The molecule has 2 rings (SSSR count). The summed E-state index contributed by atoms with van der Waals surface area (Å²) < 4.78 is 12.2. The number of aryl methyl sites for hydroxylation is 2. The lowest BCUT2D eigenvalue weighted by atomic mass is 10.0. The van der Waals surface area contributed by atoms with Crippen molar-refractivity contribution in [3.05, 3.63) is 59.7 Å². The molecule has 0 aliphatic heterocycles. The van der Waals surface area contributed by atoms with Crippen molar-refractivity contribution >= 4 is 19.0 Å². The molecule has 0 spiro atoms. The Kier molecular flexibility index (Phi) is 14.6. The van der Waals surface area contributed by atoms with E-state index in [1.165, 1.54) is 88.2 Å². The minimum atomic E-state index is -1.55. The lowest BCUT2D eigenvalue weighted by Gasteiger charge is -2.17. The monoisotopic (exact) mass is 476 g/mol. The predicted octanol–water partition coefficient (Wildman–Crippen LogP) is 10.4. The Hall–Kier alpha value is -1.24. The summed E-state index contributed by atoms with van der Waals surface area (Å²) in [4.78, 5) is 0. The second-order valence-electron chi connectivity index (χ2n) is 8.65. The normalized spacial score (nSPS) is 11.1. The molecule has 0 saturated heterocycles. The highest BCUT2D eigenvalue weighted by Crippen LogP contribution is 2.46. The van der Waals surface area contributed by atoms with Crippen LogP contribution in [0.5, 0.6) is 11.5 Å². The Bertz CT molecular complexity index is 675. The van der Waals surface area contributed by atoms with Crippen LogP contribution in [0.15, 0.2) is 48.5 Å². The molecule has 0 saturated carbocycles. The summed E-state index contributed by atoms with van der Waals surface area (Å²) in [6.07, 6.45) is 17.5. The van der Waals surface area contributed by atoms with E-state index in [-0.39, 0.29) is 0 Å². The van der Waals surface area contributed by atoms with E-state index in [1.807, 2.05) is 24.3 Å². The number of para-hydroxylation sites is 2. The van der Waals surface area contributed by atoms with E-state index < -0.39 is 7.73 Å². The van der Waals surface area contributed by atoms with Gasteiger partial charge in [-0.2, -0.15) is 0 Å². The first-order valence-electron chi connectivity index (χ1n) is 12.7. The molecule has 2 nitrogen and oxygen atoms in total. The van der Waals surface area contributed by atoms with Gasteiger partial charge < -0.3 is 9.05 Å². The number of benzene rings is 2. The van der Waals surface area contributed by atoms with E-state index in [9.17, 15) is 0 Å². The summed E-state index contributed by atoms with van der Waals surface area (Å²) >= 11 is 6.55. The second-order valence-corrected chi connectivity index (χ2v) is 10.3. The van der Waals surface area contributed by atoms with Crippen molar-refractivity contribution in [1.29, 1.82) is 0 Å². The molecule has 0 N–H and O–H groups in total. The third kappa shape index (κ3) is 11.1. The molecule has 0 amide bonds. The maximum atomic E-state index is 6.55. The Morgan fingerprint density at radius 1 is 0.562 bits per heavy atom. The molecule has 2 aromatic rings. The Labute approximate surface area is 202 Å². The maximum absolute atomic E-state index is 6.55. The van der Waals surface area contributed by atoms with Crippen molar-refractivity contribution in [3.63, 3.8) is 0 Å². The highest BCUT2D eigenvalue weighted by atomic mass is 35.7. The topological polar surface area (TPSA) is 18.5 Å². The fourth-order valence-corrected chi connectivity index (χ4v) is 5.11. The predicted molar refractivity (Wildman–Crippen MR) is 141 cm³/mol. The van der Waals surface area contributed by atoms with Gasteiger partial charge in [0.05, 0.1) is 0 Å². The van der Waals surface area contributed by atoms with Gasteiger partial charge in [0.2, 0.25) is 0 Å². The molecule has 32 heavy (non-hydrogen) atoms. The Morgan fingerprint density at radius 2 is 0.938 bits per heavy atom. The first-order valence-corrected chi connectivity index (χ1v) is 14.8. The molecule has 0 bridgehead atoms. The van der Waals surface area contributed by atoms with E-state index in [1.54, 1.807) is 0 Å². The second kappa shape index (κ2) is 17.3. The van der Waals surface area contributed by atoms with Gasteiger partial charge in [-0.1, -0.05) is 114 Å². The van der Waals surface area contributed by atoms with Crippen LogP contribution in [-0.4, -0.2) is 0 Å². The van der Waals surface area contributed by atoms with Crippen molar-refractivity contribution in [3.8, 4) is 11.5 Å². The van der Waals surface area contributed by atoms with Gasteiger partial charge in [0.1, 0.15) is 11.5 Å². The third-order valence-corrected chi connectivity index (χ3v) is 6.98. The van der Waals surface area contributed by atoms with Crippen molar-refractivity contribution in [1.82, 2.24) is 0 Å². The van der Waals surface area contributed by atoms with Crippen LogP contribution in [0.25, 0.3) is 0 Å². The van der Waals surface area contributed by atoms with Gasteiger partial charge in [-0.3, -0.25) is 0 Å². The molecular formula is C28H42ClO2P. The highest BCUT2D eigenvalue weighted by Gasteiger charge is 2.15. The van der Waals surface area contributed by atoms with E-state index in [4.69, 9.17) is 20.3 Å². The third-order valence-electron chi connectivity index (χ3n) is 5.88. The SMILES string of the molecule is CCCCCCCCc1ccccc1OP(Cl)Oc1ccccc1CCCCCCCC. The summed E-state index contributed by atoms with van der Waals surface area (Å²) in [5.74, 6) is 1.71. The van der Waals surface area contributed by atoms with Crippen LogP contribution < -0.4 is 9.05 Å². The van der Waals surface area contributed by atoms with Gasteiger partial charge in [-0.15, -0.1) is 0 Å². The zero-order valence-corrected chi connectivity index (χ0v) is 21.8. The zero-order chi connectivity index (χ0) is 22.9. The molecule has 0 aliphatic carbocycles. The van der Waals surface area contributed by atoms with Gasteiger partial charge in [0.15, 0.2) is 0 Å². The molecule has 0 fully saturated rings. The molecule has 178 valence electrons. The van der Waals surface area contributed by atoms with Crippen molar-refractivity contribution in [2.75, 3.05) is 0 Å².